The fraction of sp³-hybridized carbons (Fsp3) is 0.917. The van der Waals surface area contributed by atoms with E-state index in [1.54, 1.807) is 7.11 Å². The van der Waals surface area contributed by atoms with Gasteiger partial charge in [-0.15, -0.1) is 0 Å². The monoisotopic (exact) mass is 227 g/mol. The van der Waals surface area contributed by atoms with E-state index < -0.39 is 0 Å². The van der Waals surface area contributed by atoms with Crippen molar-refractivity contribution < 1.29 is 4.74 Å². The summed E-state index contributed by atoms with van der Waals surface area (Å²) in [4.78, 5) is 6.62. The van der Waals surface area contributed by atoms with E-state index >= 15 is 0 Å². The van der Waals surface area contributed by atoms with Crippen LogP contribution in [-0.2, 0) is 4.74 Å². The van der Waals surface area contributed by atoms with Gasteiger partial charge in [-0.2, -0.15) is 0 Å². The van der Waals surface area contributed by atoms with E-state index in [9.17, 15) is 0 Å². The van der Waals surface area contributed by atoms with Crippen LogP contribution in [0.3, 0.4) is 0 Å². The number of nitrogens with zero attached hydrogens (tertiary/aromatic N) is 2. The third-order valence-electron chi connectivity index (χ3n) is 2.97. The predicted molar refractivity (Wildman–Crippen MR) is 67.5 cm³/mol. The second-order valence-electron chi connectivity index (χ2n) is 5.63. The minimum absolute atomic E-state index is 0.115. The lowest BCUT2D eigenvalue weighted by Crippen LogP contribution is -2.50. The molecule has 4 heteroatoms. The van der Waals surface area contributed by atoms with Crippen molar-refractivity contribution in [3.8, 4) is 0 Å². The van der Waals surface area contributed by atoms with E-state index in [4.69, 9.17) is 10.5 Å². The molecule has 2 N–H and O–H groups in total. The highest BCUT2D eigenvalue weighted by Gasteiger charge is 2.27. The van der Waals surface area contributed by atoms with Crippen LogP contribution in [0.1, 0.15) is 34.1 Å². The number of guanidine groups is 1. The number of nitrogens with two attached hydrogens (primary N) is 1. The Morgan fingerprint density at radius 1 is 1.44 bits per heavy atom. The SMILES string of the molecule is COC1CN(C(N)=NC(C)(C)C)CCC1C. The highest BCUT2D eigenvalue weighted by atomic mass is 16.5. The summed E-state index contributed by atoms with van der Waals surface area (Å²) in [5, 5.41) is 0. The van der Waals surface area contributed by atoms with Gasteiger partial charge in [0.2, 0.25) is 0 Å². The Morgan fingerprint density at radius 2 is 2.06 bits per heavy atom. The molecule has 0 radical (unpaired) electrons. The molecular formula is C12H25N3O. The molecule has 0 aromatic carbocycles. The van der Waals surface area contributed by atoms with Gasteiger partial charge in [-0.25, -0.2) is 4.99 Å². The van der Waals surface area contributed by atoms with Crippen LogP contribution in [0.4, 0.5) is 0 Å². The van der Waals surface area contributed by atoms with E-state index in [1.807, 2.05) is 0 Å². The van der Waals surface area contributed by atoms with Crippen molar-refractivity contribution in [2.24, 2.45) is 16.6 Å². The topological polar surface area (TPSA) is 50.9 Å². The lowest BCUT2D eigenvalue weighted by Gasteiger charge is -2.37. The maximum absolute atomic E-state index is 6.02. The van der Waals surface area contributed by atoms with Crippen molar-refractivity contribution in [1.29, 1.82) is 0 Å². The largest absolute Gasteiger partial charge is 0.379 e. The first-order valence-electron chi connectivity index (χ1n) is 5.96. The number of methoxy groups -OCH3 is 1. The molecule has 0 aliphatic carbocycles. The minimum atomic E-state index is -0.115. The van der Waals surface area contributed by atoms with Crippen molar-refractivity contribution in [1.82, 2.24) is 4.90 Å². The lowest BCUT2D eigenvalue weighted by molar-refractivity contribution is 0.0144. The summed E-state index contributed by atoms with van der Waals surface area (Å²) in [6.07, 6.45) is 1.38. The molecule has 1 heterocycles. The summed E-state index contributed by atoms with van der Waals surface area (Å²) in [5.41, 5.74) is 5.90. The van der Waals surface area contributed by atoms with Gasteiger partial charge in [-0.1, -0.05) is 6.92 Å². The van der Waals surface area contributed by atoms with Gasteiger partial charge in [0, 0.05) is 20.2 Å². The van der Waals surface area contributed by atoms with E-state index in [0.29, 0.717) is 11.9 Å². The fourth-order valence-electron chi connectivity index (χ4n) is 1.96. The van der Waals surface area contributed by atoms with Crippen LogP contribution in [0.15, 0.2) is 4.99 Å². The van der Waals surface area contributed by atoms with E-state index in [-0.39, 0.29) is 11.6 Å². The van der Waals surface area contributed by atoms with Crippen molar-refractivity contribution >= 4 is 5.96 Å². The fourth-order valence-corrected chi connectivity index (χ4v) is 1.96. The van der Waals surface area contributed by atoms with Gasteiger partial charge in [0.15, 0.2) is 5.96 Å². The predicted octanol–water partition coefficient (Wildman–Crippen LogP) is 1.46. The maximum Gasteiger partial charge on any atom is 0.191 e. The van der Waals surface area contributed by atoms with Crippen LogP contribution in [0.25, 0.3) is 0 Å². The Hall–Kier alpha value is -0.770. The number of likely N-dealkylation sites (tertiary alicyclic amines) is 1. The maximum atomic E-state index is 6.02. The minimum Gasteiger partial charge on any atom is -0.379 e. The zero-order chi connectivity index (χ0) is 12.3. The van der Waals surface area contributed by atoms with Gasteiger partial charge in [-0.05, 0) is 33.1 Å². The quantitative estimate of drug-likeness (QED) is 0.545. The summed E-state index contributed by atoms with van der Waals surface area (Å²) >= 11 is 0. The number of hydrogen-bond acceptors (Lipinski definition) is 2. The highest BCUT2D eigenvalue weighted by Crippen LogP contribution is 2.19. The molecule has 1 aliphatic heterocycles. The number of hydrogen-bond donors (Lipinski definition) is 1. The summed E-state index contributed by atoms with van der Waals surface area (Å²) in [7, 11) is 1.77. The zero-order valence-electron chi connectivity index (χ0n) is 11.2. The van der Waals surface area contributed by atoms with Crippen LogP contribution in [0.2, 0.25) is 0 Å². The molecule has 16 heavy (non-hydrogen) atoms. The van der Waals surface area contributed by atoms with Crippen molar-refractivity contribution in [2.45, 2.75) is 45.8 Å². The number of rotatable bonds is 1. The third kappa shape index (κ3) is 3.67. The molecule has 0 bridgehead atoms. The Morgan fingerprint density at radius 3 is 2.56 bits per heavy atom. The van der Waals surface area contributed by atoms with Gasteiger partial charge in [0.05, 0.1) is 11.6 Å². The first-order chi connectivity index (χ1) is 7.33. The smallest absolute Gasteiger partial charge is 0.191 e. The van der Waals surface area contributed by atoms with Gasteiger partial charge in [0.1, 0.15) is 0 Å². The number of piperidine rings is 1. The van der Waals surface area contributed by atoms with Crippen LogP contribution in [-0.4, -0.2) is 42.7 Å². The van der Waals surface area contributed by atoms with Crippen molar-refractivity contribution in [2.75, 3.05) is 20.2 Å². The standard InChI is InChI=1S/C12H25N3O/c1-9-6-7-15(8-10(9)16-5)11(13)14-12(2,3)4/h9-10H,6-8H2,1-5H3,(H2,13,14). The Labute approximate surface area is 98.9 Å². The molecule has 4 nitrogen and oxygen atoms in total. The molecule has 0 amide bonds. The van der Waals surface area contributed by atoms with Crippen LogP contribution < -0.4 is 5.73 Å². The normalized spacial score (nSPS) is 28.3. The van der Waals surface area contributed by atoms with E-state index in [2.05, 4.69) is 37.6 Å². The second kappa shape index (κ2) is 5.04. The highest BCUT2D eigenvalue weighted by molar-refractivity contribution is 5.78. The molecule has 1 aliphatic rings. The van der Waals surface area contributed by atoms with Crippen LogP contribution in [0, 0.1) is 5.92 Å². The third-order valence-corrected chi connectivity index (χ3v) is 2.97. The lowest BCUT2D eigenvalue weighted by atomic mass is 9.96. The van der Waals surface area contributed by atoms with Gasteiger partial charge in [-0.3, -0.25) is 0 Å². The first kappa shape index (κ1) is 13.3. The van der Waals surface area contributed by atoms with Crippen molar-refractivity contribution in [3.05, 3.63) is 0 Å². The molecule has 0 aromatic heterocycles. The molecule has 2 atom stereocenters. The number of aliphatic imine (C=N–C) groups is 1. The molecule has 2 unspecified atom stereocenters. The van der Waals surface area contributed by atoms with Crippen molar-refractivity contribution in [3.63, 3.8) is 0 Å². The number of ether oxygens (including phenoxy) is 1. The second-order valence-corrected chi connectivity index (χ2v) is 5.63. The molecule has 0 saturated carbocycles. The van der Waals surface area contributed by atoms with E-state index in [0.717, 1.165) is 19.5 Å². The molecule has 0 spiro atoms. The first-order valence-corrected chi connectivity index (χ1v) is 5.96. The summed E-state index contributed by atoms with van der Waals surface area (Å²) in [6.45, 7) is 10.2. The van der Waals surface area contributed by atoms with E-state index in [1.165, 1.54) is 0 Å². The molecular weight excluding hydrogens is 202 g/mol. The average Bonchev–Trinajstić information content (AvgIpc) is 2.15. The summed E-state index contributed by atoms with van der Waals surface area (Å²) in [6, 6.07) is 0. The molecule has 1 saturated heterocycles. The molecule has 1 rings (SSSR count). The Balaban J connectivity index is 2.65. The van der Waals surface area contributed by atoms with Gasteiger partial charge in [0.25, 0.3) is 0 Å². The van der Waals surface area contributed by atoms with Crippen LogP contribution >= 0.6 is 0 Å². The van der Waals surface area contributed by atoms with Gasteiger partial charge < -0.3 is 15.4 Å². The zero-order valence-corrected chi connectivity index (χ0v) is 11.2. The Kier molecular flexibility index (Phi) is 4.19. The molecule has 94 valence electrons. The van der Waals surface area contributed by atoms with Crippen LogP contribution in [0.5, 0.6) is 0 Å². The van der Waals surface area contributed by atoms with Gasteiger partial charge >= 0.3 is 0 Å². The average molecular weight is 227 g/mol. The summed E-state index contributed by atoms with van der Waals surface area (Å²) in [5.74, 6) is 1.24. The summed E-state index contributed by atoms with van der Waals surface area (Å²) < 4.78 is 5.46. The Bertz CT molecular complexity index is 257. The molecule has 0 aromatic rings. The molecule has 1 fully saturated rings.